The first-order chi connectivity index (χ1) is 12.6. The molecular formula is C22H28N2O2. The third kappa shape index (κ3) is 4.71. The number of hydrogen-bond donors (Lipinski definition) is 1. The van der Waals surface area contributed by atoms with Gasteiger partial charge in [0.2, 0.25) is 5.91 Å². The van der Waals surface area contributed by atoms with E-state index in [-0.39, 0.29) is 17.9 Å². The van der Waals surface area contributed by atoms with Crippen molar-refractivity contribution in [3.8, 4) is 0 Å². The normalized spacial score (nSPS) is 19.3. The fourth-order valence-corrected chi connectivity index (χ4v) is 3.49. The Kier molecular flexibility index (Phi) is 6.42. The Morgan fingerprint density at radius 1 is 1.15 bits per heavy atom. The minimum Gasteiger partial charge on any atom is -0.376 e. The number of nitrogens with zero attached hydrogens (tertiary/aromatic N) is 1. The van der Waals surface area contributed by atoms with Gasteiger partial charge in [0.15, 0.2) is 0 Å². The standard InChI is InChI=1S/C22H28N2O2/c1-17(21(23)20-10-6-3-7-11-20)22(25)24-13-12-19(14-24)16-26-15-18-8-4-2-5-9-18/h2-11,17,19,21H,12-16,23H2,1H3. The second-order valence-electron chi connectivity index (χ2n) is 7.16. The first kappa shape index (κ1) is 18.6. The predicted molar refractivity (Wildman–Crippen MR) is 103 cm³/mol. The van der Waals surface area contributed by atoms with Gasteiger partial charge < -0.3 is 15.4 Å². The molecule has 0 radical (unpaired) electrons. The van der Waals surface area contributed by atoms with Gasteiger partial charge in [-0.1, -0.05) is 67.6 Å². The Morgan fingerprint density at radius 2 is 1.81 bits per heavy atom. The number of hydrogen-bond acceptors (Lipinski definition) is 3. The summed E-state index contributed by atoms with van der Waals surface area (Å²) in [6.45, 7) is 4.81. The number of ether oxygens (including phenoxy) is 1. The SMILES string of the molecule is CC(C(=O)N1CCC(COCc2ccccc2)C1)C(N)c1ccccc1. The van der Waals surface area contributed by atoms with Crippen molar-refractivity contribution in [1.29, 1.82) is 0 Å². The van der Waals surface area contributed by atoms with E-state index in [0.29, 0.717) is 19.1 Å². The molecular weight excluding hydrogens is 324 g/mol. The lowest BCUT2D eigenvalue weighted by Crippen LogP contribution is -2.38. The van der Waals surface area contributed by atoms with Crippen LogP contribution in [0.15, 0.2) is 60.7 Å². The zero-order valence-corrected chi connectivity index (χ0v) is 15.4. The maximum Gasteiger partial charge on any atom is 0.227 e. The molecule has 0 bridgehead atoms. The van der Waals surface area contributed by atoms with Crippen LogP contribution in [0.3, 0.4) is 0 Å². The summed E-state index contributed by atoms with van der Waals surface area (Å²) in [6.07, 6.45) is 0.994. The summed E-state index contributed by atoms with van der Waals surface area (Å²) in [5.41, 5.74) is 8.51. The third-order valence-electron chi connectivity index (χ3n) is 5.18. The van der Waals surface area contributed by atoms with Crippen LogP contribution in [-0.4, -0.2) is 30.5 Å². The van der Waals surface area contributed by atoms with Crippen LogP contribution in [0.1, 0.15) is 30.5 Å². The summed E-state index contributed by atoms with van der Waals surface area (Å²) >= 11 is 0. The molecule has 0 spiro atoms. The number of nitrogens with two attached hydrogens (primary N) is 1. The number of carbonyl (C=O) groups excluding carboxylic acids is 1. The van der Waals surface area contributed by atoms with E-state index in [9.17, 15) is 4.79 Å². The van der Waals surface area contributed by atoms with Crippen LogP contribution in [0.25, 0.3) is 0 Å². The summed E-state index contributed by atoms with van der Waals surface area (Å²) in [6, 6.07) is 19.8. The second kappa shape index (κ2) is 8.97. The summed E-state index contributed by atoms with van der Waals surface area (Å²) in [7, 11) is 0. The molecule has 1 heterocycles. The van der Waals surface area contributed by atoms with Crippen LogP contribution in [-0.2, 0) is 16.1 Å². The summed E-state index contributed by atoms with van der Waals surface area (Å²) in [5, 5.41) is 0. The Bertz CT molecular complexity index is 690. The first-order valence-corrected chi connectivity index (χ1v) is 9.36. The van der Waals surface area contributed by atoms with Gasteiger partial charge in [0.25, 0.3) is 0 Å². The van der Waals surface area contributed by atoms with Crippen molar-refractivity contribution in [2.45, 2.75) is 26.0 Å². The van der Waals surface area contributed by atoms with Crippen LogP contribution in [0.4, 0.5) is 0 Å². The Hall–Kier alpha value is -2.17. The molecule has 3 unspecified atom stereocenters. The molecule has 1 fully saturated rings. The molecule has 2 aromatic rings. The van der Waals surface area contributed by atoms with Crippen LogP contribution in [0, 0.1) is 11.8 Å². The van der Waals surface area contributed by atoms with E-state index in [1.54, 1.807) is 0 Å². The van der Waals surface area contributed by atoms with E-state index < -0.39 is 0 Å². The Labute approximate surface area is 156 Å². The Morgan fingerprint density at radius 3 is 2.50 bits per heavy atom. The van der Waals surface area contributed by atoms with E-state index in [1.165, 1.54) is 5.56 Å². The zero-order valence-electron chi connectivity index (χ0n) is 15.4. The molecule has 1 aliphatic heterocycles. The Balaban J connectivity index is 1.46. The quantitative estimate of drug-likeness (QED) is 0.831. The minimum absolute atomic E-state index is 0.145. The molecule has 2 N–H and O–H groups in total. The van der Waals surface area contributed by atoms with Gasteiger partial charge in [-0.25, -0.2) is 0 Å². The fraction of sp³-hybridized carbons (Fsp3) is 0.409. The molecule has 0 aromatic heterocycles. The number of carbonyl (C=O) groups is 1. The number of amides is 1. The van der Waals surface area contributed by atoms with Crippen molar-refractivity contribution < 1.29 is 9.53 Å². The summed E-state index contributed by atoms with van der Waals surface area (Å²) in [5.74, 6) is 0.330. The molecule has 3 rings (SSSR count). The molecule has 1 amide bonds. The largest absolute Gasteiger partial charge is 0.376 e. The monoisotopic (exact) mass is 352 g/mol. The van der Waals surface area contributed by atoms with Crippen molar-refractivity contribution in [3.05, 3.63) is 71.8 Å². The molecule has 3 atom stereocenters. The third-order valence-corrected chi connectivity index (χ3v) is 5.18. The van der Waals surface area contributed by atoms with Crippen LogP contribution >= 0.6 is 0 Å². The average Bonchev–Trinajstić information content (AvgIpc) is 3.16. The molecule has 4 nitrogen and oxygen atoms in total. The highest BCUT2D eigenvalue weighted by molar-refractivity contribution is 5.79. The highest BCUT2D eigenvalue weighted by Crippen LogP contribution is 2.25. The fourth-order valence-electron chi connectivity index (χ4n) is 3.49. The summed E-state index contributed by atoms with van der Waals surface area (Å²) < 4.78 is 5.85. The molecule has 138 valence electrons. The molecule has 0 aliphatic carbocycles. The summed E-state index contributed by atoms with van der Waals surface area (Å²) in [4.78, 5) is 14.8. The van der Waals surface area contributed by atoms with Gasteiger partial charge in [-0.05, 0) is 17.5 Å². The highest BCUT2D eigenvalue weighted by atomic mass is 16.5. The molecule has 1 aliphatic rings. The van der Waals surface area contributed by atoms with Crippen molar-refractivity contribution in [1.82, 2.24) is 4.90 Å². The minimum atomic E-state index is -0.267. The van der Waals surface area contributed by atoms with E-state index in [0.717, 1.165) is 25.1 Å². The maximum absolute atomic E-state index is 12.8. The smallest absolute Gasteiger partial charge is 0.227 e. The van der Waals surface area contributed by atoms with E-state index in [2.05, 4.69) is 12.1 Å². The topological polar surface area (TPSA) is 55.6 Å². The molecule has 26 heavy (non-hydrogen) atoms. The van der Waals surface area contributed by atoms with E-state index in [1.807, 2.05) is 60.4 Å². The van der Waals surface area contributed by atoms with Crippen molar-refractivity contribution in [3.63, 3.8) is 0 Å². The molecule has 4 heteroatoms. The lowest BCUT2D eigenvalue weighted by molar-refractivity contribution is -0.134. The van der Waals surface area contributed by atoms with Gasteiger partial charge in [-0.3, -0.25) is 4.79 Å². The number of rotatable bonds is 7. The van der Waals surface area contributed by atoms with Gasteiger partial charge >= 0.3 is 0 Å². The molecule has 0 saturated carbocycles. The lowest BCUT2D eigenvalue weighted by Gasteiger charge is -2.25. The number of benzene rings is 2. The lowest BCUT2D eigenvalue weighted by atomic mass is 9.94. The van der Waals surface area contributed by atoms with Gasteiger partial charge in [0.05, 0.1) is 19.1 Å². The van der Waals surface area contributed by atoms with Gasteiger partial charge in [0.1, 0.15) is 0 Å². The maximum atomic E-state index is 12.8. The van der Waals surface area contributed by atoms with Crippen LogP contribution in [0.2, 0.25) is 0 Å². The van der Waals surface area contributed by atoms with Crippen molar-refractivity contribution in [2.24, 2.45) is 17.6 Å². The van der Waals surface area contributed by atoms with Gasteiger partial charge in [-0.2, -0.15) is 0 Å². The van der Waals surface area contributed by atoms with Gasteiger partial charge in [-0.15, -0.1) is 0 Å². The highest BCUT2D eigenvalue weighted by Gasteiger charge is 2.31. The second-order valence-corrected chi connectivity index (χ2v) is 7.16. The van der Waals surface area contributed by atoms with E-state index >= 15 is 0 Å². The van der Waals surface area contributed by atoms with Gasteiger partial charge in [0, 0.05) is 25.0 Å². The number of likely N-dealkylation sites (tertiary alicyclic amines) is 1. The van der Waals surface area contributed by atoms with Crippen molar-refractivity contribution in [2.75, 3.05) is 19.7 Å². The first-order valence-electron chi connectivity index (χ1n) is 9.36. The zero-order chi connectivity index (χ0) is 18.4. The van der Waals surface area contributed by atoms with Crippen molar-refractivity contribution >= 4 is 5.91 Å². The predicted octanol–water partition coefficient (Wildman–Crippen LogP) is 3.39. The van der Waals surface area contributed by atoms with Crippen LogP contribution in [0.5, 0.6) is 0 Å². The van der Waals surface area contributed by atoms with E-state index in [4.69, 9.17) is 10.5 Å². The average molecular weight is 352 g/mol. The molecule has 2 aromatic carbocycles. The van der Waals surface area contributed by atoms with Crippen LogP contribution < -0.4 is 5.73 Å². The molecule has 1 saturated heterocycles.